The highest BCUT2D eigenvalue weighted by molar-refractivity contribution is 5.99. The molecule has 0 bridgehead atoms. The van der Waals surface area contributed by atoms with Crippen LogP contribution < -0.4 is 16.4 Å². The molecule has 0 saturated carbocycles. The lowest BCUT2D eigenvalue weighted by Gasteiger charge is -2.29. The summed E-state index contributed by atoms with van der Waals surface area (Å²) >= 11 is 0. The molecule has 1 unspecified atom stereocenters. The second-order valence-electron chi connectivity index (χ2n) is 6.69. The summed E-state index contributed by atoms with van der Waals surface area (Å²) in [5.41, 5.74) is 5.70. The first kappa shape index (κ1) is 20.2. The summed E-state index contributed by atoms with van der Waals surface area (Å²) in [6.07, 6.45) is -0.539. The number of nitrogens with one attached hydrogen (secondary N) is 2. The van der Waals surface area contributed by atoms with Crippen LogP contribution in [0.4, 0.5) is 10.5 Å². The fraction of sp³-hybridized carbons (Fsp3) is 0.389. The minimum absolute atomic E-state index is 0.408. The van der Waals surface area contributed by atoms with Crippen LogP contribution in [0.3, 0.4) is 0 Å². The van der Waals surface area contributed by atoms with Gasteiger partial charge >= 0.3 is 6.09 Å². The smallest absolute Gasteiger partial charge is 0.405 e. The van der Waals surface area contributed by atoms with Gasteiger partial charge in [0.25, 0.3) is 5.91 Å². The van der Waals surface area contributed by atoms with Gasteiger partial charge in [-0.05, 0) is 18.6 Å². The van der Waals surface area contributed by atoms with Crippen molar-refractivity contribution in [3.63, 3.8) is 0 Å². The molecule has 0 aliphatic rings. The molecule has 7 heteroatoms. The van der Waals surface area contributed by atoms with Crippen molar-refractivity contribution in [2.45, 2.75) is 39.8 Å². The van der Waals surface area contributed by atoms with Crippen LogP contribution in [0.5, 0.6) is 0 Å². The van der Waals surface area contributed by atoms with Crippen LogP contribution in [0.2, 0.25) is 0 Å². The van der Waals surface area contributed by atoms with Gasteiger partial charge in [0.05, 0.1) is 0 Å². The van der Waals surface area contributed by atoms with Crippen LogP contribution in [0.25, 0.3) is 6.08 Å². The van der Waals surface area contributed by atoms with Gasteiger partial charge in [-0.25, -0.2) is 4.79 Å². The lowest BCUT2D eigenvalue weighted by Crippen LogP contribution is -2.51. The van der Waals surface area contributed by atoms with Crippen LogP contribution in [0.1, 0.15) is 33.3 Å². The predicted octanol–water partition coefficient (Wildman–Crippen LogP) is 2.28. The summed E-state index contributed by atoms with van der Waals surface area (Å²) in [4.78, 5) is 35.7. The Morgan fingerprint density at radius 2 is 1.80 bits per heavy atom. The first-order valence-electron chi connectivity index (χ1n) is 7.85. The molecule has 1 aromatic rings. The second kappa shape index (κ2) is 8.32. The van der Waals surface area contributed by atoms with Crippen LogP contribution in [-0.4, -0.2) is 30.1 Å². The number of amides is 3. The number of benzene rings is 1. The first-order valence-corrected chi connectivity index (χ1v) is 7.85. The standard InChI is InChI=1S/C18H25N3O4/c1-6-12-9-7-8-10-13(12)21-15(22)11(2)20-16(23)14(18(3,4)5)25-17(19)24/h6-11,14H,1H2,2-5H3,(H2,19,24)(H,20,23)(H,21,22)/t11?,14-/m0/s1. The third-order valence-corrected chi connectivity index (χ3v) is 3.45. The van der Waals surface area contributed by atoms with E-state index in [4.69, 9.17) is 10.5 Å². The maximum absolute atomic E-state index is 12.4. The van der Waals surface area contributed by atoms with Crippen molar-refractivity contribution in [2.24, 2.45) is 11.1 Å². The normalized spacial score (nSPS) is 13.3. The van der Waals surface area contributed by atoms with Gasteiger partial charge in [0.1, 0.15) is 6.04 Å². The molecule has 0 spiro atoms. The number of rotatable bonds is 6. The molecule has 136 valence electrons. The summed E-state index contributed by atoms with van der Waals surface area (Å²) in [5, 5.41) is 5.27. The Labute approximate surface area is 147 Å². The summed E-state index contributed by atoms with van der Waals surface area (Å²) in [6.45, 7) is 10.4. The maximum atomic E-state index is 12.4. The zero-order valence-electron chi connectivity index (χ0n) is 15.0. The van der Waals surface area contributed by atoms with Crippen LogP contribution >= 0.6 is 0 Å². The van der Waals surface area contributed by atoms with E-state index in [0.29, 0.717) is 5.69 Å². The van der Waals surface area contributed by atoms with Crippen molar-refractivity contribution in [3.8, 4) is 0 Å². The highest BCUT2D eigenvalue weighted by Crippen LogP contribution is 2.23. The molecule has 0 fully saturated rings. The fourth-order valence-electron chi connectivity index (χ4n) is 2.12. The summed E-state index contributed by atoms with van der Waals surface area (Å²) in [5.74, 6) is -1.000. The molecule has 4 N–H and O–H groups in total. The van der Waals surface area contributed by atoms with Crippen molar-refractivity contribution in [2.75, 3.05) is 5.32 Å². The Hall–Kier alpha value is -2.83. The Morgan fingerprint density at radius 3 is 2.32 bits per heavy atom. The van der Waals surface area contributed by atoms with Crippen molar-refractivity contribution < 1.29 is 19.1 Å². The zero-order chi connectivity index (χ0) is 19.2. The highest BCUT2D eigenvalue weighted by Gasteiger charge is 2.35. The van der Waals surface area contributed by atoms with Crippen molar-refractivity contribution >= 4 is 29.7 Å². The largest absolute Gasteiger partial charge is 0.436 e. The van der Waals surface area contributed by atoms with Crippen molar-refractivity contribution in [1.82, 2.24) is 5.32 Å². The van der Waals surface area contributed by atoms with Crippen molar-refractivity contribution in [1.29, 1.82) is 0 Å². The van der Waals surface area contributed by atoms with E-state index in [1.807, 2.05) is 12.1 Å². The van der Waals surface area contributed by atoms with Crippen LogP contribution in [0.15, 0.2) is 30.8 Å². The Bertz CT molecular complexity index is 665. The zero-order valence-corrected chi connectivity index (χ0v) is 15.0. The fourth-order valence-corrected chi connectivity index (χ4v) is 2.12. The van der Waals surface area contributed by atoms with E-state index in [-0.39, 0.29) is 0 Å². The molecule has 7 nitrogen and oxygen atoms in total. The molecule has 0 radical (unpaired) electrons. The number of primary amides is 1. The molecule has 0 aliphatic heterocycles. The SMILES string of the molecule is C=Cc1ccccc1NC(=O)C(C)NC(=O)[C@H](OC(N)=O)C(C)(C)C. The van der Waals surface area contributed by atoms with Gasteiger partial charge in [-0.2, -0.15) is 0 Å². The van der Waals surface area contributed by atoms with E-state index in [9.17, 15) is 14.4 Å². The number of nitrogens with two attached hydrogens (primary N) is 1. The predicted molar refractivity (Wildman–Crippen MR) is 96.7 cm³/mol. The molecule has 0 aliphatic carbocycles. The summed E-state index contributed by atoms with van der Waals surface area (Å²) in [6, 6.07) is 6.31. The van der Waals surface area contributed by atoms with Gasteiger partial charge in [0, 0.05) is 11.1 Å². The minimum Gasteiger partial charge on any atom is -0.436 e. The van der Waals surface area contributed by atoms with Crippen LogP contribution in [-0.2, 0) is 14.3 Å². The molecule has 1 rings (SSSR count). The lowest BCUT2D eigenvalue weighted by atomic mass is 9.88. The summed E-state index contributed by atoms with van der Waals surface area (Å²) < 4.78 is 4.89. The number of carbonyl (C=O) groups excluding carboxylic acids is 3. The van der Waals surface area contributed by atoms with Gasteiger partial charge in [0.2, 0.25) is 5.91 Å². The third-order valence-electron chi connectivity index (χ3n) is 3.45. The molecule has 3 amide bonds. The average molecular weight is 347 g/mol. The van der Waals surface area contributed by atoms with E-state index in [1.54, 1.807) is 39.0 Å². The minimum atomic E-state index is -1.11. The van der Waals surface area contributed by atoms with Gasteiger partial charge in [-0.15, -0.1) is 0 Å². The Morgan fingerprint density at radius 1 is 1.20 bits per heavy atom. The number of carbonyl (C=O) groups is 3. The number of hydrogen-bond donors (Lipinski definition) is 3. The number of anilines is 1. The van der Waals surface area contributed by atoms with Gasteiger partial charge in [-0.3, -0.25) is 9.59 Å². The first-order chi connectivity index (χ1) is 11.6. The third kappa shape index (κ3) is 5.95. The monoisotopic (exact) mass is 347 g/mol. The molecule has 0 saturated heterocycles. The maximum Gasteiger partial charge on any atom is 0.405 e. The second-order valence-corrected chi connectivity index (χ2v) is 6.69. The Balaban J connectivity index is 2.80. The number of ether oxygens (including phenoxy) is 1. The average Bonchev–Trinajstić information content (AvgIpc) is 2.51. The van der Waals surface area contributed by atoms with E-state index in [2.05, 4.69) is 17.2 Å². The molecular weight excluding hydrogens is 322 g/mol. The molecule has 0 heterocycles. The van der Waals surface area contributed by atoms with Gasteiger partial charge in [-0.1, -0.05) is 51.6 Å². The highest BCUT2D eigenvalue weighted by atomic mass is 16.6. The van der Waals surface area contributed by atoms with Gasteiger partial charge in [0.15, 0.2) is 6.10 Å². The molecular formula is C18H25N3O4. The van der Waals surface area contributed by atoms with Gasteiger partial charge < -0.3 is 21.1 Å². The Kier molecular flexibility index (Phi) is 6.73. The van der Waals surface area contributed by atoms with E-state index in [0.717, 1.165) is 5.56 Å². The lowest BCUT2D eigenvalue weighted by molar-refractivity contribution is -0.137. The molecule has 25 heavy (non-hydrogen) atoms. The number of para-hydroxylation sites is 1. The van der Waals surface area contributed by atoms with Crippen molar-refractivity contribution in [3.05, 3.63) is 36.4 Å². The van der Waals surface area contributed by atoms with E-state index in [1.165, 1.54) is 6.92 Å². The topological polar surface area (TPSA) is 111 Å². The number of hydrogen-bond acceptors (Lipinski definition) is 4. The van der Waals surface area contributed by atoms with E-state index < -0.39 is 35.5 Å². The molecule has 2 atom stereocenters. The molecule has 1 aromatic carbocycles. The van der Waals surface area contributed by atoms with Crippen LogP contribution in [0, 0.1) is 5.41 Å². The van der Waals surface area contributed by atoms with E-state index >= 15 is 0 Å². The quantitative estimate of drug-likeness (QED) is 0.733. The molecule has 0 aromatic heterocycles. The summed E-state index contributed by atoms with van der Waals surface area (Å²) in [7, 11) is 0.